The van der Waals surface area contributed by atoms with E-state index in [-0.39, 0.29) is 6.04 Å². The Labute approximate surface area is 121 Å². The van der Waals surface area contributed by atoms with E-state index in [1.165, 1.54) is 0 Å². The molecule has 0 aliphatic heterocycles. The van der Waals surface area contributed by atoms with Gasteiger partial charge < -0.3 is 14.2 Å². The second-order valence-electron chi connectivity index (χ2n) is 4.50. The van der Waals surface area contributed by atoms with Gasteiger partial charge in [-0.25, -0.2) is 0 Å². The van der Waals surface area contributed by atoms with Crippen LogP contribution in [0.4, 0.5) is 0 Å². The van der Waals surface area contributed by atoms with Crippen molar-refractivity contribution in [1.29, 1.82) is 0 Å². The smallest absolute Gasteiger partial charge is 0.124 e. The first-order valence-electron chi connectivity index (χ1n) is 7.08. The minimum Gasteiger partial charge on any atom is -0.491 e. The summed E-state index contributed by atoms with van der Waals surface area (Å²) in [4.78, 5) is 0. The molecule has 0 aliphatic carbocycles. The maximum absolute atomic E-state index is 5.73. The molecule has 1 aromatic carbocycles. The van der Waals surface area contributed by atoms with Gasteiger partial charge in [0.2, 0.25) is 0 Å². The minimum absolute atomic E-state index is 0.0191. The Hall–Kier alpha value is -1.14. The Bertz CT molecular complexity index is 361. The Balaban J connectivity index is 2.60. The lowest BCUT2D eigenvalue weighted by Gasteiger charge is -2.20. The highest BCUT2D eigenvalue weighted by molar-refractivity contribution is 5.35. The Kier molecular flexibility index (Phi) is 8.98. The summed E-state index contributed by atoms with van der Waals surface area (Å²) in [6.07, 6.45) is 1.83. The van der Waals surface area contributed by atoms with E-state index >= 15 is 0 Å². The van der Waals surface area contributed by atoms with E-state index < -0.39 is 0 Å². The molecular formula is C15H26N2O3. The van der Waals surface area contributed by atoms with E-state index in [1.54, 1.807) is 7.11 Å². The minimum atomic E-state index is 0.0191. The zero-order chi connectivity index (χ0) is 14.6. The average molecular weight is 282 g/mol. The molecule has 0 spiro atoms. The lowest BCUT2D eigenvalue weighted by molar-refractivity contribution is 0.123. The van der Waals surface area contributed by atoms with Gasteiger partial charge in [-0.3, -0.25) is 11.3 Å². The van der Waals surface area contributed by atoms with Crippen molar-refractivity contribution in [3.8, 4) is 5.75 Å². The summed E-state index contributed by atoms with van der Waals surface area (Å²) < 4.78 is 16.2. The quantitative estimate of drug-likeness (QED) is 0.369. The standard InChI is InChI=1S/C15H26N2O3/c1-3-9-19-10-8-14(17-16)13-6-4-5-7-15(13)20-12-11-18-2/h4-7,14,17H,3,8-12,16H2,1-2H3. The first-order chi connectivity index (χ1) is 9.83. The SMILES string of the molecule is CCCOCCC(NN)c1ccccc1OCCOC. The number of methoxy groups -OCH3 is 1. The molecule has 20 heavy (non-hydrogen) atoms. The van der Waals surface area contributed by atoms with Crippen molar-refractivity contribution in [3.05, 3.63) is 29.8 Å². The molecule has 0 bridgehead atoms. The van der Waals surface area contributed by atoms with Crippen LogP contribution in [-0.4, -0.2) is 33.5 Å². The van der Waals surface area contributed by atoms with E-state index in [4.69, 9.17) is 20.1 Å². The topological polar surface area (TPSA) is 65.7 Å². The molecule has 1 unspecified atom stereocenters. The number of benzene rings is 1. The molecule has 0 aromatic heterocycles. The van der Waals surface area contributed by atoms with Crippen molar-refractivity contribution in [1.82, 2.24) is 5.43 Å². The van der Waals surface area contributed by atoms with E-state index in [0.29, 0.717) is 19.8 Å². The molecule has 0 saturated heterocycles. The highest BCUT2D eigenvalue weighted by Gasteiger charge is 2.14. The van der Waals surface area contributed by atoms with Crippen molar-refractivity contribution in [2.75, 3.05) is 33.5 Å². The summed E-state index contributed by atoms with van der Waals surface area (Å²) in [5, 5.41) is 0. The van der Waals surface area contributed by atoms with Crippen LogP contribution in [0.3, 0.4) is 0 Å². The number of ether oxygens (including phenoxy) is 3. The second-order valence-corrected chi connectivity index (χ2v) is 4.50. The third-order valence-electron chi connectivity index (χ3n) is 2.94. The van der Waals surface area contributed by atoms with E-state index in [1.807, 2.05) is 24.3 Å². The molecule has 3 N–H and O–H groups in total. The molecule has 0 aliphatic rings. The van der Waals surface area contributed by atoms with Crippen LogP contribution < -0.4 is 16.0 Å². The fourth-order valence-electron chi connectivity index (χ4n) is 1.91. The summed E-state index contributed by atoms with van der Waals surface area (Å²) in [6, 6.07) is 7.92. The van der Waals surface area contributed by atoms with Crippen LogP contribution in [0.2, 0.25) is 0 Å². The molecule has 0 saturated carbocycles. The van der Waals surface area contributed by atoms with Crippen LogP contribution in [0.15, 0.2) is 24.3 Å². The number of hydrogen-bond donors (Lipinski definition) is 2. The van der Waals surface area contributed by atoms with E-state index in [2.05, 4.69) is 12.3 Å². The summed E-state index contributed by atoms with van der Waals surface area (Å²) in [5.41, 5.74) is 3.88. The van der Waals surface area contributed by atoms with Gasteiger partial charge in [0, 0.05) is 25.9 Å². The maximum Gasteiger partial charge on any atom is 0.124 e. The first-order valence-corrected chi connectivity index (χ1v) is 7.08. The number of nitrogens with two attached hydrogens (primary N) is 1. The number of hydrazine groups is 1. The lowest BCUT2D eigenvalue weighted by Crippen LogP contribution is -2.29. The number of rotatable bonds is 11. The molecule has 0 amide bonds. The molecule has 1 rings (SSSR count). The first kappa shape index (κ1) is 16.9. The molecule has 0 fully saturated rings. The predicted octanol–water partition coefficient (Wildman–Crippen LogP) is 2.03. The van der Waals surface area contributed by atoms with Crippen LogP contribution in [-0.2, 0) is 9.47 Å². The maximum atomic E-state index is 5.73. The third-order valence-corrected chi connectivity index (χ3v) is 2.94. The monoisotopic (exact) mass is 282 g/mol. The summed E-state index contributed by atoms with van der Waals surface area (Å²) in [5.74, 6) is 6.49. The van der Waals surface area contributed by atoms with E-state index in [9.17, 15) is 0 Å². The summed E-state index contributed by atoms with van der Waals surface area (Å²) in [7, 11) is 1.66. The summed E-state index contributed by atoms with van der Waals surface area (Å²) >= 11 is 0. The largest absolute Gasteiger partial charge is 0.491 e. The van der Waals surface area contributed by atoms with Crippen molar-refractivity contribution >= 4 is 0 Å². The second kappa shape index (κ2) is 10.6. The van der Waals surface area contributed by atoms with Gasteiger partial charge >= 0.3 is 0 Å². The highest BCUT2D eigenvalue weighted by Crippen LogP contribution is 2.26. The van der Waals surface area contributed by atoms with Crippen LogP contribution >= 0.6 is 0 Å². The van der Waals surface area contributed by atoms with Crippen molar-refractivity contribution < 1.29 is 14.2 Å². The highest BCUT2D eigenvalue weighted by atomic mass is 16.5. The van der Waals surface area contributed by atoms with Gasteiger partial charge in [0.05, 0.1) is 12.6 Å². The summed E-state index contributed by atoms with van der Waals surface area (Å²) in [6.45, 7) is 4.64. The fraction of sp³-hybridized carbons (Fsp3) is 0.600. The number of nitrogens with one attached hydrogen (secondary N) is 1. The average Bonchev–Trinajstić information content (AvgIpc) is 2.49. The van der Waals surface area contributed by atoms with Crippen LogP contribution in [0.25, 0.3) is 0 Å². The molecule has 1 atom stereocenters. The van der Waals surface area contributed by atoms with E-state index in [0.717, 1.165) is 30.8 Å². The lowest BCUT2D eigenvalue weighted by atomic mass is 10.0. The molecule has 0 radical (unpaired) electrons. The third kappa shape index (κ3) is 5.88. The molecule has 5 nitrogen and oxygen atoms in total. The van der Waals surface area contributed by atoms with Crippen LogP contribution in [0, 0.1) is 0 Å². The van der Waals surface area contributed by atoms with Crippen molar-refractivity contribution in [3.63, 3.8) is 0 Å². The number of para-hydroxylation sites is 1. The van der Waals surface area contributed by atoms with Crippen molar-refractivity contribution in [2.45, 2.75) is 25.8 Å². The molecule has 114 valence electrons. The Morgan fingerprint density at radius 1 is 1.15 bits per heavy atom. The zero-order valence-corrected chi connectivity index (χ0v) is 12.4. The molecule has 0 heterocycles. The molecular weight excluding hydrogens is 256 g/mol. The van der Waals surface area contributed by atoms with Gasteiger partial charge in [0.15, 0.2) is 0 Å². The fourth-order valence-corrected chi connectivity index (χ4v) is 1.91. The zero-order valence-electron chi connectivity index (χ0n) is 12.4. The number of hydrogen-bond acceptors (Lipinski definition) is 5. The van der Waals surface area contributed by atoms with Gasteiger partial charge in [0.1, 0.15) is 12.4 Å². The van der Waals surface area contributed by atoms with Crippen LogP contribution in [0.5, 0.6) is 5.75 Å². The van der Waals surface area contributed by atoms with Gasteiger partial charge in [-0.05, 0) is 18.9 Å². The van der Waals surface area contributed by atoms with Gasteiger partial charge in [-0.15, -0.1) is 0 Å². The van der Waals surface area contributed by atoms with Gasteiger partial charge in [0.25, 0.3) is 0 Å². The van der Waals surface area contributed by atoms with Gasteiger partial charge in [-0.1, -0.05) is 25.1 Å². The van der Waals surface area contributed by atoms with Crippen LogP contribution in [0.1, 0.15) is 31.4 Å². The predicted molar refractivity (Wildman–Crippen MR) is 79.6 cm³/mol. The normalized spacial score (nSPS) is 12.3. The Morgan fingerprint density at radius 3 is 2.65 bits per heavy atom. The van der Waals surface area contributed by atoms with Crippen molar-refractivity contribution in [2.24, 2.45) is 5.84 Å². The van der Waals surface area contributed by atoms with Gasteiger partial charge in [-0.2, -0.15) is 0 Å². The Morgan fingerprint density at radius 2 is 1.95 bits per heavy atom. The molecule has 5 heteroatoms. The molecule has 1 aromatic rings.